The topological polar surface area (TPSA) is 176 Å². The molecule has 4 rings (SSSR count). The number of rotatable bonds is 6. The number of alkyl halides is 3. The van der Waals surface area contributed by atoms with Crippen molar-refractivity contribution < 1.29 is 48.0 Å². The highest BCUT2D eigenvalue weighted by Crippen LogP contribution is 2.41. The highest BCUT2D eigenvalue weighted by Gasteiger charge is 2.38. The SMILES string of the molecule is NCCCn1nc2c(c1C(=O)O)CCc1cc(O)c(-c3cccc(C(=O)O)c3)cc1-2.O=C(O)C(F)(F)F. The first-order chi connectivity index (χ1) is 17.3. The standard InChI is InChI=1S/C22H21N3O5.C2HF3O2/c23-7-2-8-25-20(22(29)30)15-6-5-13-10-18(26)16(11-17(13)19(15)24-25)12-3-1-4-14(9-12)21(27)28;3-2(4,5)1(6)7/h1,3-4,9-11,26H,2,5-8,23H2,(H,27,28)(H,29,30);(H,6,7). The van der Waals surface area contributed by atoms with Gasteiger partial charge in [-0.1, -0.05) is 12.1 Å². The highest BCUT2D eigenvalue weighted by molar-refractivity contribution is 5.93. The number of aryl methyl sites for hydroxylation is 2. The van der Waals surface area contributed by atoms with Crippen LogP contribution in [0.15, 0.2) is 36.4 Å². The maximum Gasteiger partial charge on any atom is 0.490 e. The Kier molecular flexibility index (Phi) is 7.87. The zero-order valence-electron chi connectivity index (χ0n) is 19.1. The third-order valence-corrected chi connectivity index (χ3v) is 5.61. The number of nitrogens with two attached hydrogens (primary N) is 1. The molecule has 0 saturated heterocycles. The molecular formula is C24H22F3N3O7. The van der Waals surface area contributed by atoms with Gasteiger partial charge >= 0.3 is 24.1 Å². The fourth-order valence-electron chi connectivity index (χ4n) is 3.96. The van der Waals surface area contributed by atoms with Gasteiger partial charge in [-0.25, -0.2) is 14.4 Å². The lowest BCUT2D eigenvalue weighted by Crippen LogP contribution is -2.21. The Morgan fingerprint density at radius 3 is 2.24 bits per heavy atom. The van der Waals surface area contributed by atoms with Gasteiger partial charge in [0.05, 0.1) is 11.3 Å². The van der Waals surface area contributed by atoms with E-state index in [0.717, 1.165) is 11.1 Å². The largest absolute Gasteiger partial charge is 0.507 e. The van der Waals surface area contributed by atoms with Gasteiger partial charge in [0.15, 0.2) is 0 Å². The average Bonchev–Trinajstić information content (AvgIpc) is 3.21. The maximum absolute atomic E-state index is 11.9. The molecule has 0 amide bonds. The Balaban J connectivity index is 0.000000479. The van der Waals surface area contributed by atoms with E-state index in [1.165, 1.54) is 16.8 Å². The number of phenols is 1. The second-order valence-electron chi connectivity index (χ2n) is 8.06. The number of aromatic carboxylic acids is 2. The van der Waals surface area contributed by atoms with Crippen molar-refractivity contribution in [2.75, 3.05) is 6.54 Å². The molecule has 0 radical (unpaired) electrons. The molecule has 1 aromatic heterocycles. The molecule has 196 valence electrons. The fourth-order valence-corrected chi connectivity index (χ4v) is 3.96. The third kappa shape index (κ3) is 5.89. The van der Waals surface area contributed by atoms with E-state index in [9.17, 15) is 38.1 Å². The van der Waals surface area contributed by atoms with E-state index in [1.807, 2.05) is 0 Å². The van der Waals surface area contributed by atoms with Gasteiger partial charge < -0.3 is 26.2 Å². The summed E-state index contributed by atoms with van der Waals surface area (Å²) in [5.41, 5.74) is 9.77. The number of nitrogens with zero attached hydrogens (tertiary/aromatic N) is 2. The number of carboxylic acid groups (broad SMARTS) is 3. The predicted molar refractivity (Wildman–Crippen MR) is 123 cm³/mol. The number of carbonyl (C=O) groups is 3. The number of hydrogen-bond donors (Lipinski definition) is 5. The average molecular weight is 521 g/mol. The summed E-state index contributed by atoms with van der Waals surface area (Å²) in [5.74, 6) is -4.80. The summed E-state index contributed by atoms with van der Waals surface area (Å²) in [7, 11) is 0. The Labute approximate surface area is 207 Å². The van der Waals surface area contributed by atoms with E-state index >= 15 is 0 Å². The summed E-state index contributed by atoms with van der Waals surface area (Å²) in [5, 5.41) is 41.3. The van der Waals surface area contributed by atoms with Crippen LogP contribution < -0.4 is 5.73 Å². The van der Waals surface area contributed by atoms with Crippen LogP contribution in [0.4, 0.5) is 13.2 Å². The molecule has 0 atom stereocenters. The van der Waals surface area contributed by atoms with Crippen molar-refractivity contribution in [2.24, 2.45) is 5.73 Å². The Hall–Kier alpha value is -4.39. The zero-order valence-corrected chi connectivity index (χ0v) is 19.1. The smallest absolute Gasteiger partial charge is 0.490 e. The molecule has 1 heterocycles. The molecule has 0 fully saturated rings. The van der Waals surface area contributed by atoms with E-state index in [4.69, 9.17) is 15.6 Å². The van der Waals surface area contributed by atoms with Crippen LogP contribution in [-0.4, -0.2) is 60.8 Å². The summed E-state index contributed by atoms with van der Waals surface area (Å²) in [6.45, 7) is 0.837. The molecule has 1 aliphatic rings. The highest BCUT2D eigenvalue weighted by atomic mass is 19.4. The minimum absolute atomic E-state index is 0.0424. The maximum atomic E-state index is 11.9. The van der Waals surface area contributed by atoms with Crippen LogP contribution >= 0.6 is 0 Å². The van der Waals surface area contributed by atoms with Crippen LogP contribution in [0.3, 0.4) is 0 Å². The zero-order chi connectivity index (χ0) is 27.5. The number of aliphatic carboxylic acids is 1. The summed E-state index contributed by atoms with van der Waals surface area (Å²) < 4.78 is 33.2. The number of aromatic nitrogens is 2. The number of aromatic hydroxyl groups is 1. The second kappa shape index (κ2) is 10.7. The van der Waals surface area contributed by atoms with Crippen molar-refractivity contribution >= 4 is 17.9 Å². The van der Waals surface area contributed by atoms with Gasteiger partial charge in [-0.2, -0.15) is 18.3 Å². The summed E-state index contributed by atoms with van der Waals surface area (Å²) in [6.07, 6.45) is -3.38. The van der Waals surface area contributed by atoms with Gasteiger partial charge in [0.1, 0.15) is 11.4 Å². The molecular weight excluding hydrogens is 499 g/mol. The van der Waals surface area contributed by atoms with Crippen molar-refractivity contribution in [1.82, 2.24) is 9.78 Å². The Morgan fingerprint density at radius 1 is 1.00 bits per heavy atom. The predicted octanol–water partition coefficient (Wildman–Crippen LogP) is 3.40. The summed E-state index contributed by atoms with van der Waals surface area (Å²) >= 11 is 0. The minimum atomic E-state index is -5.08. The number of fused-ring (bicyclic) bond motifs is 3. The third-order valence-electron chi connectivity index (χ3n) is 5.61. The number of benzene rings is 2. The van der Waals surface area contributed by atoms with Crippen LogP contribution in [0.25, 0.3) is 22.4 Å². The molecule has 0 spiro atoms. The van der Waals surface area contributed by atoms with Crippen LogP contribution in [-0.2, 0) is 24.2 Å². The van der Waals surface area contributed by atoms with Crippen LogP contribution in [0.2, 0.25) is 0 Å². The molecule has 0 unspecified atom stereocenters. The van der Waals surface area contributed by atoms with E-state index in [2.05, 4.69) is 5.10 Å². The van der Waals surface area contributed by atoms with Gasteiger partial charge in [-0.05, 0) is 61.2 Å². The molecule has 10 nitrogen and oxygen atoms in total. The quantitative estimate of drug-likeness (QED) is 0.325. The molecule has 0 saturated carbocycles. The molecule has 0 bridgehead atoms. The summed E-state index contributed by atoms with van der Waals surface area (Å²) in [6, 6.07) is 9.73. The first kappa shape index (κ1) is 27.2. The van der Waals surface area contributed by atoms with Gasteiger partial charge in [0.25, 0.3) is 0 Å². The first-order valence-corrected chi connectivity index (χ1v) is 10.9. The van der Waals surface area contributed by atoms with E-state index in [-0.39, 0.29) is 17.0 Å². The van der Waals surface area contributed by atoms with Gasteiger partial charge in [0, 0.05) is 23.2 Å². The molecule has 2 aromatic carbocycles. The van der Waals surface area contributed by atoms with E-state index in [0.29, 0.717) is 54.7 Å². The normalized spacial score (nSPS) is 12.1. The number of halogens is 3. The molecule has 1 aliphatic carbocycles. The van der Waals surface area contributed by atoms with Crippen molar-refractivity contribution in [2.45, 2.75) is 32.0 Å². The number of phenolic OH excluding ortho intramolecular Hbond substituents is 1. The van der Waals surface area contributed by atoms with Gasteiger partial charge in [0.2, 0.25) is 0 Å². The number of carboxylic acids is 3. The Bertz CT molecular complexity index is 1370. The lowest BCUT2D eigenvalue weighted by molar-refractivity contribution is -0.192. The monoisotopic (exact) mass is 521 g/mol. The molecule has 3 aromatic rings. The Morgan fingerprint density at radius 2 is 1.68 bits per heavy atom. The van der Waals surface area contributed by atoms with Gasteiger partial charge in [-0.15, -0.1) is 0 Å². The van der Waals surface area contributed by atoms with Crippen LogP contribution in [0.5, 0.6) is 5.75 Å². The van der Waals surface area contributed by atoms with Crippen molar-refractivity contribution in [3.8, 4) is 28.1 Å². The van der Waals surface area contributed by atoms with Crippen molar-refractivity contribution in [3.63, 3.8) is 0 Å². The molecule has 0 aliphatic heterocycles. The molecule has 37 heavy (non-hydrogen) atoms. The van der Waals surface area contributed by atoms with Crippen molar-refractivity contribution in [1.29, 1.82) is 0 Å². The molecule has 13 heteroatoms. The van der Waals surface area contributed by atoms with E-state index < -0.39 is 24.1 Å². The minimum Gasteiger partial charge on any atom is -0.507 e. The number of hydrogen-bond acceptors (Lipinski definition) is 6. The van der Waals surface area contributed by atoms with Gasteiger partial charge in [-0.3, -0.25) is 4.68 Å². The second-order valence-corrected chi connectivity index (χ2v) is 8.06. The first-order valence-electron chi connectivity index (χ1n) is 10.9. The van der Waals surface area contributed by atoms with Crippen molar-refractivity contribution in [3.05, 3.63) is 58.8 Å². The lowest BCUT2D eigenvalue weighted by atomic mass is 9.86. The lowest BCUT2D eigenvalue weighted by Gasteiger charge is -2.18. The molecule has 6 N–H and O–H groups in total. The van der Waals surface area contributed by atoms with Crippen LogP contribution in [0, 0.1) is 0 Å². The fraction of sp³-hybridized carbons (Fsp3) is 0.250. The van der Waals surface area contributed by atoms with E-state index in [1.54, 1.807) is 24.3 Å². The summed E-state index contributed by atoms with van der Waals surface area (Å²) in [4.78, 5) is 32.1. The van der Waals surface area contributed by atoms with Crippen LogP contribution in [0.1, 0.15) is 38.4 Å².